The first-order valence-electron chi connectivity index (χ1n) is 6.22. The van der Waals surface area contributed by atoms with E-state index in [1.807, 2.05) is 42.0 Å². The van der Waals surface area contributed by atoms with E-state index in [1.165, 1.54) is 11.1 Å². The summed E-state index contributed by atoms with van der Waals surface area (Å²) >= 11 is 0. The Labute approximate surface area is 108 Å². The molecule has 18 heavy (non-hydrogen) atoms. The lowest BCUT2D eigenvalue weighted by atomic mass is 9.99. The van der Waals surface area contributed by atoms with E-state index in [0.29, 0.717) is 0 Å². The maximum atomic E-state index is 4.39. The van der Waals surface area contributed by atoms with Crippen LogP contribution in [0.3, 0.4) is 0 Å². The fraction of sp³-hybridized carbons (Fsp3) is 0.188. The largest absolute Gasteiger partial charge is 0.240 e. The van der Waals surface area contributed by atoms with Crippen LogP contribution >= 0.6 is 0 Å². The van der Waals surface area contributed by atoms with Gasteiger partial charge in [-0.1, -0.05) is 37.8 Å². The number of fused-ring (bicyclic) bond motifs is 1. The number of aromatic nitrogens is 2. The van der Waals surface area contributed by atoms with Crippen LogP contribution in [0.25, 0.3) is 11.1 Å². The highest BCUT2D eigenvalue weighted by Crippen LogP contribution is 2.26. The Morgan fingerprint density at radius 3 is 2.94 bits per heavy atom. The molecular formula is C16H18N2. The Balaban J connectivity index is 2.70. The first-order chi connectivity index (χ1) is 8.81. The predicted molar refractivity (Wildman–Crippen MR) is 77.4 cm³/mol. The van der Waals surface area contributed by atoms with Crippen molar-refractivity contribution in [3.63, 3.8) is 0 Å². The van der Waals surface area contributed by atoms with Crippen LogP contribution in [-0.4, -0.2) is 9.61 Å². The molecule has 0 radical (unpaired) electrons. The van der Waals surface area contributed by atoms with Crippen LogP contribution < -0.4 is 0 Å². The van der Waals surface area contributed by atoms with Gasteiger partial charge in [-0.3, -0.25) is 0 Å². The highest BCUT2D eigenvalue weighted by Gasteiger charge is 2.09. The van der Waals surface area contributed by atoms with Gasteiger partial charge in [-0.2, -0.15) is 5.10 Å². The molecule has 0 aromatic carbocycles. The van der Waals surface area contributed by atoms with Gasteiger partial charge in [-0.05, 0) is 36.6 Å². The van der Waals surface area contributed by atoms with Gasteiger partial charge in [0.15, 0.2) is 0 Å². The molecule has 0 unspecified atom stereocenters. The van der Waals surface area contributed by atoms with E-state index in [9.17, 15) is 0 Å². The minimum absolute atomic E-state index is 0.966. The van der Waals surface area contributed by atoms with Crippen LogP contribution in [0, 0.1) is 0 Å². The lowest BCUT2D eigenvalue weighted by molar-refractivity contribution is 0.961. The monoisotopic (exact) mass is 238 g/mol. The van der Waals surface area contributed by atoms with Crippen molar-refractivity contribution in [3.05, 3.63) is 66.5 Å². The fourth-order valence-corrected chi connectivity index (χ4v) is 2.12. The van der Waals surface area contributed by atoms with E-state index in [2.05, 4.69) is 36.8 Å². The molecule has 0 atom stereocenters. The van der Waals surface area contributed by atoms with E-state index in [-0.39, 0.29) is 0 Å². The third-order valence-electron chi connectivity index (χ3n) is 3.02. The zero-order valence-corrected chi connectivity index (χ0v) is 10.9. The van der Waals surface area contributed by atoms with Gasteiger partial charge in [0.1, 0.15) is 0 Å². The van der Waals surface area contributed by atoms with E-state index in [0.717, 1.165) is 17.5 Å². The number of hydrogen-bond donors (Lipinski definition) is 0. The SMILES string of the molecule is C=C/C(CC)=C(/C=C\C)c1cnn2ccccc12. The van der Waals surface area contributed by atoms with Crippen LogP contribution in [0.5, 0.6) is 0 Å². The van der Waals surface area contributed by atoms with E-state index < -0.39 is 0 Å². The lowest BCUT2D eigenvalue weighted by Gasteiger charge is -2.06. The van der Waals surface area contributed by atoms with Gasteiger partial charge in [0, 0.05) is 11.8 Å². The normalized spacial score (nSPS) is 13.0. The van der Waals surface area contributed by atoms with Crippen LogP contribution in [0.4, 0.5) is 0 Å². The summed E-state index contributed by atoms with van der Waals surface area (Å²) in [4.78, 5) is 0. The summed E-state index contributed by atoms with van der Waals surface area (Å²) in [5, 5.41) is 4.39. The molecule has 2 nitrogen and oxygen atoms in total. The highest BCUT2D eigenvalue weighted by atomic mass is 15.2. The molecule has 0 aliphatic heterocycles. The van der Waals surface area contributed by atoms with E-state index >= 15 is 0 Å². The van der Waals surface area contributed by atoms with Crippen molar-refractivity contribution < 1.29 is 0 Å². The maximum absolute atomic E-state index is 4.39. The molecule has 0 N–H and O–H groups in total. The molecule has 2 heterocycles. The summed E-state index contributed by atoms with van der Waals surface area (Å²) in [6.45, 7) is 8.08. The molecule has 2 heteroatoms. The molecule has 92 valence electrons. The summed E-state index contributed by atoms with van der Waals surface area (Å²) in [5.74, 6) is 0. The minimum atomic E-state index is 0.966. The summed E-state index contributed by atoms with van der Waals surface area (Å²) < 4.78 is 1.90. The molecule has 2 aromatic heterocycles. The van der Waals surface area contributed by atoms with Crippen molar-refractivity contribution in [2.45, 2.75) is 20.3 Å². The second-order valence-electron chi connectivity index (χ2n) is 4.09. The van der Waals surface area contributed by atoms with Crippen molar-refractivity contribution >= 4 is 11.1 Å². The van der Waals surface area contributed by atoms with Crippen molar-refractivity contribution in [1.29, 1.82) is 0 Å². The van der Waals surface area contributed by atoms with Gasteiger partial charge in [0.05, 0.1) is 11.7 Å². The average molecular weight is 238 g/mol. The molecule has 0 saturated carbocycles. The van der Waals surface area contributed by atoms with E-state index in [1.54, 1.807) is 0 Å². The number of nitrogens with zero attached hydrogens (tertiary/aromatic N) is 2. The molecule has 2 aromatic rings. The summed E-state index contributed by atoms with van der Waals surface area (Å²) in [6, 6.07) is 6.10. The molecule has 0 saturated heterocycles. The lowest BCUT2D eigenvalue weighted by Crippen LogP contribution is -1.88. The van der Waals surface area contributed by atoms with Crippen molar-refractivity contribution in [1.82, 2.24) is 9.61 Å². The van der Waals surface area contributed by atoms with Crippen LogP contribution in [0.1, 0.15) is 25.8 Å². The summed E-state index contributed by atoms with van der Waals surface area (Å²) in [7, 11) is 0. The molecule has 0 aliphatic rings. The summed E-state index contributed by atoms with van der Waals surface area (Å²) in [5.41, 5.74) is 4.73. The van der Waals surface area contributed by atoms with Gasteiger partial charge in [-0.15, -0.1) is 0 Å². The predicted octanol–water partition coefficient (Wildman–Crippen LogP) is 4.26. The Morgan fingerprint density at radius 1 is 1.44 bits per heavy atom. The average Bonchev–Trinajstić information content (AvgIpc) is 2.83. The first-order valence-corrected chi connectivity index (χ1v) is 6.22. The molecule has 0 fully saturated rings. The van der Waals surface area contributed by atoms with Crippen molar-refractivity contribution in [2.24, 2.45) is 0 Å². The number of rotatable bonds is 4. The standard InChI is InChI=1S/C16H18N2/c1-4-9-14(13(5-2)6-3)15-12-17-18-11-8-7-10-16(15)18/h4-5,7-12H,2,6H2,1,3H3/b9-4-,14-13+. The minimum Gasteiger partial charge on any atom is -0.240 e. The molecule has 0 aliphatic carbocycles. The van der Waals surface area contributed by atoms with Gasteiger partial charge < -0.3 is 0 Å². The van der Waals surface area contributed by atoms with Crippen LogP contribution in [0.15, 0.2) is 61.0 Å². The second kappa shape index (κ2) is 5.50. The van der Waals surface area contributed by atoms with Crippen LogP contribution in [0.2, 0.25) is 0 Å². The Kier molecular flexibility index (Phi) is 3.78. The number of allylic oxidation sites excluding steroid dienone is 5. The number of pyridine rings is 1. The Bertz CT molecular complexity index is 615. The smallest absolute Gasteiger partial charge is 0.0740 e. The Hall–Kier alpha value is -2.09. The van der Waals surface area contributed by atoms with Gasteiger partial charge in [-0.25, -0.2) is 4.52 Å². The Morgan fingerprint density at radius 2 is 2.28 bits per heavy atom. The van der Waals surface area contributed by atoms with Crippen molar-refractivity contribution in [3.8, 4) is 0 Å². The topological polar surface area (TPSA) is 17.3 Å². The molecule has 2 rings (SSSR count). The van der Waals surface area contributed by atoms with Gasteiger partial charge >= 0.3 is 0 Å². The fourth-order valence-electron chi connectivity index (χ4n) is 2.12. The second-order valence-corrected chi connectivity index (χ2v) is 4.09. The van der Waals surface area contributed by atoms with E-state index in [4.69, 9.17) is 0 Å². The zero-order chi connectivity index (χ0) is 13.0. The maximum Gasteiger partial charge on any atom is 0.0740 e. The third-order valence-corrected chi connectivity index (χ3v) is 3.02. The quantitative estimate of drug-likeness (QED) is 0.727. The van der Waals surface area contributed by atoms with Crippen LogP contribution in [-0.2, 0) is 0 Å². The summed E-state index contributed by atoms with van der Waals surface area (Å²) in [6.07, 6.45) is 11.0. The molecule has 0 bridgehead atoms. The third kappa shape index (κ3) is 2.14. The first kappa shape index (κ1) is 12.4. The van der Waals surface area contributed by atoms with Crippen molar-refractivity contribution in [2.75, 3.05) is 0 Å². The highest BCUT2D eigenvalue weighted by molar-refractivity contribution is 5.86. The molecule has 0 amide bonds. The zero-order valence-electron chi connectivity index (χ0n) is 10.9. The molecule has 0 spiro atoms. The molecular weight excluding hydrogens is 220 g/mol. The van der Waals surface area contributed by atoms with Gasteiger partial charge in [0.25, 0.3) is 0 Å². The number of hydrogen-bond acceptors (Lipinski definition) is 1. The van der Waals surface area contributed by atoms with Gasteiger partial charge in [0.2, 0.25) is 0 Å².